The topological polar surface area (TPSA) is 124 Å². The van der Waals surface area contributed by atoms with Gasteiger partial charge in [-0.1, -0.05) is 23.5 Å². The highest BCUT2D eigenvalue weighted by atomic mass is 32.2. The summed E-state index contributed by atoms with van der Waals surface area (Å²) in [6, 6.07) is 9.62. The molecule has 11 heteroatoms. The molecule has 1 saturated heterocycles. The van der Waals surface area contributed by atoms with Gasteiger partial charge in [0.1, 0.15) is 17.0 Å². The second kappa shape index (κ2) is 11.3. The summed E-state index contributed by atoms with van der Waals surface area (Å²) >= 11 is 0.180. The summed E-state index contributed by atoms with van der Waals surface area (Å²) < 4.78 is 16.8. The first kappa shape index (κ1) is 25.4. The van der Waals surface area contributed by atoms with E-state index in [0.717, 1.165) is 22.0 Å². The van der Waals surface area contributed by atoms with Crippen LogP contribution in [0.1, 0.15) is 46.4 Å². The van der Waals surface area contributed by atoms with Gasteiger partial charge in [0.15, 0.2) is 10.0 Å². The van der Waals surface area contributed by atoms with E-state index in [-0.39, 0.29) is 6.10 Å². The molecule has 9 nitrogen and oxygen atoms in total. The predicted octanol–water partition coefficient (Wildman–Crippen LogP) is 3.45. The molecule has 1 unspecified atom stereocenters. The number of carbonyl (C=O) groups excluding carboxylic acids is 1. The number of nitrogens with zero attached hydrogens (tertiary/aromatic N) is 4. The first-order valence-corrected chi connectivity index (χ1v) is 13.8. The molecule has 1 fully saturated rings. The van der Waals surface area contributed by atoms with Gasteiger partial charge in [-0.3, -0.25) is 5.32 Å². The lowest BCUT2D eigenvalue weighted by atomic mass is 10.1. The Bertz CT molecular complexity index is 1160. The number of thiazole rings is 1. The number of anilines is 3. The highest BCUT2D eigenvalue weighted by Crippen LogP contribution is 2.27. The summed E-state index contributed by atoms with van der Waals surface area (Å²) in [4.78, 5) is 29.4. The van der Waals surface area contributed by atoms with Crippen molar-refractivity contribution < 1.29 is 19.2 Å². The maximum atomic E-state index is 12.2. The van der Waals surface area contributed by atoms with Crippen LogP contribution in [0.25, 0.3) is 0 Å². The summed E-state index contributed by atoms with van der Waals surface area (Å²) in [6.45, 7) is 5.24. The number of esters is 1. The smallest absolute Gasteiger partial charge is 0.350 e. The molecular weight excluding hydrogens is 486 g/mol. The summed E-state index contributed by atoms with van der Waals surface area (Å²) in [5.41, 5.74) is 2.44. The lowest BCUT2D eigenvalue weighted by Crippen LogP contribution is -2.36. The zero-order chi connectivity index (χ0) is 24.9. The van der Waals surface area contributed by atoms with Crippen molar-refractivity contribution in [1.29, 1.82) is 0 Å². The lowest BCUT2D eigenvalue weighted by Gasteiger charge is -2.30. The van der Waals surface area contributed by atoms with Crippen molar-refractivity contribution in [3.05, 3.63) is 52.2 Å². The number of rotatable bonds is 8. The van der Waals surface area contributed by atoms with Crippen molar-refractivity contribution in [1.82, 2.24) is 15.0 Å². The molecule has 1 aliphatic heterocycles. The number of hydrogen-bond acceptors (Lipinski definition) is 10. The Morgan fingerprint density at radius 3 is 2.63 bits per heavy atom. The van der Waals surface area contributed by atoms with E-state index in [9.17, 15) is 14.5 Å². The van der Waals surface area contributed by atoms with E-state index in [1.807, 2.05) is 30.3 Å². The number of aliphatic hydroxyl groups excluding tert-OH is 1. The molecule has 0 aliphatic carbocycles. The van der Waals surface area contributed by atoms with E-state index >= 15 is 0 Å². The lowest BCUT2D eigenvalue weighted by molar-refractivity contribution is 0.0531. The normalized spacial score (nSPS) is 15.2. The molecule has 0 bridgehead atoms. The minimum Gasteiger partial charge on any atom is -0.612 e. The maximum absolute atomic E-state index is 12.2. The van der Waals surface area contributed by atoms with Crippen LogP contribution in [0.3, 0.4) is 0 Å². The first-order valence-electron chi connectivity index (χ1n) is 11.5. The van der Waals surface area contributed by atoms with Crippen LogP contribution in [0, 0.1) is 6.92 Å². The molecule has 4 rings (SSSR count). The predicted molar refractivity (Wildman–Crippen MR) is 137 cm³/mol. The molecule has 1 atom stereocenters. The van der Waals surface area contributed by atoms with Crippen LogP contribution in [-0.4, -0.2) is 62.6 Å². The van der Waals surface area contributed by atoms with Crippen LogP contribution in [0.5, 0.6) is 0 Å². The Balaban J connectivity index is 1.61. The number of aliphatic hydroxyl groups is 1. The summed E-state index contributed by atoms with van der Waals surface area (Å²) in [5.74, 6) is 0.767. The molecule has 3 aromatic rings. The highest BCUT2D eigenvalue weighted by Gasteiger charge is 2.21. The summed E-state index contributed by atoms with van der Waals surface area (Å²) in [6.07, 6.45) is 3.32. The van der Waals surface area contributed by atoms with Gasteiger partial charge in [0.2, 0.25) is 5.95 Å². The fraction of sp³-hybridized carbons (Fsp3) is 0.417. The second-order valence-electron chi connectivity index (χ2n) is 8.31. The largest absolute Gasteiger partial charge is 0.612 e. The number of nitrogens with one attached hydrogen (secondary N) is 1. The first-order chi connectivity index (χ1) is 16.8. The van der Waals surface area contributed by atoms with Gasteiger partial charge in [0, 0.05) is 25.6 Å². The van der Waals surface area contributed by atoms with Crippen molar-refractivity contribution in [2.45, 2.75) is 44.1 Å². The van der Waals surface area contributed by atoms with Crippen LogP contribution in [-0.2, 0) is 22.3 Å². The Kier molecular flexibility index (Phi) is 8.22. The number of aromatic nitrogens is 3. The fourth-order valence-electron chi connectivity index (χ4n) is 3.83. The number of piperidine rings is 1. The highest BCUT2D eigenvalue weighted by molar-refractivity contribution is 7.90. The summed E-state index contributed by atoms with van der Waals surface area (Å²) in [7, 11) is 0. The zero-order valence-electron chi connectivity index (χ0n) is 20.0. The third-order valence-electron chi connectivity index (χ3n) is 5.67. The van der Waals surface area contributed by atoms with Crippen LogP contribution in [0.4, 0.5) is 16.9 Å². The molecule has 3 heterocycles. The zero-order valence-corrected chi connectivity index (χ0v) is 21.6. The van der Waals surface area contributed by atoms with Crippen molar-refractivity contribution in [3.8, 4) is 0 Å². The number of aryl methyl sites for hydroxylation is 1. The molecular formula is C24H29N5O4S2. The van der Waals surface area contributed by atoms with Crippen LogP contribution >= 0.6 is 11.3 Å². The monoisotopic (exact) mass is 515 g/mol. The minimum atomic E-state index is -1.03. The number of benzene rings is 1. The quantitative estimate of drug-likeness (QED) is 0.343. The molecule has 0 saturated carbocycles. The van der Waals surface area contributed by atoms with Crippen LogP contribution in [0.2, 0.25) is 0 Å². The van der Waals surface area contributed by atoms with Crippen molar-refractivity contribution in [2.24, 2.45) is 0 Å². The van der Waals surface area contributed by atoms with Crippen molar-refractivity contribution >= 4 is 45.4 Å². The van der Waals surface area contributed by atoms with E-state index in [0.29, 0.717) is 60.6 Å². The fourth-order valence-corrected chi connectivity index (χ4v) is 5.20. The second-order valence-corrected chi connectivity index (χ2v) is 10.7. The Morgan fingerprint density at radius 1 is 1.26 bits per heavy atom. The van der Waals surface area contributed by atoms with Crippen molar-refractivity contribution in [2.75, 3.05) is 36.2 Å². The standard InChI is InChI=1S/C24H29N5O4S2/c1-4-33-22(31)21-15(2)25-24(34-21)28-23-26-17(13-16-5-7-19(8-6-16)35(3)32)14-20(27-23)29-11-9-18(30)10-12-29/h5-8,14,18,30H,4,9-13H2,1-3H3,(H,25,26,27,28). The molecule has 2 N–H and O–H groups in total. The van der Waals surface area contributed by atoms with Crippen LogP contribution < -0.4 is 10.2 Å². The van der Waals surface area contributed by atoms with Crippen molar-refractivity contribution in [3.63, 3.8) is 0 Å². The van der Waals surface area contributed by atoms with Gasteiger partial charge in [0.25, 0.3) is 0 Å². The Labute approximate surface area is 211 Å². The van der Waals surface area contributed by atoms with Gasteiger partial charge in [-0.15, -0.1) is 0 Å². The molecule has 1 aliphatic rings. The number of hydrogen-bond donors (Lipinski definition) is 2. The molecule has 0 spiro atoms. The SMILES string of the molecule is CCOC(=O)c1sc(Nc2nc(Cc3ccc([S+](C)[O-])cc3)cc(N3CCC(O)CC3)n2)nc1C. The molecule has 35 heavy (non-hydrogen) atoms. The van der Waals surface area contributed by atoms with E-state index in [1.165, 1.54) is 11.3 Å². The third kappa shape index (κ3) is 6.49. The minimum absolute atomic E-state index is 0.285. The van der Waals surface area contributed by atoms with Crippen LogP contribution in [0.15, 0.2) is 35.2 Å². The molecule has 0 amide bonds. The number of carbonyl (C=O) groups is 1. The third-order valence-corrected chi connectivity index (χ3v) is 7.66. The maximum Gasteiger partial charge on any atom is 0.350 e. The van der Waals surface area contributed by atoms with E-state index in [4.69, 9.17) is 14.7 Å². The average molecular weight is 516 g/mol. The van der Waals surface area contributed by atoms with E-state index in [1.54, 1.807) is 20.1 Å². The van der Waals surface area contributed by atoms with Gasteiger partial charge in [-0.2, -0.15) is 4.98 Å². The van der Waals surface area contributed by atoms with Gasteiger partial charge < -0.3 is 19.3 Å². The van der Waals surface area contributed by atoms with E-state index < -0.39 is 17.1 Å². The number of ether oxygens (including phenoxy) is 1. The molecule has 2 aromatic heterocycles. The molecule has 186 valence electrons. The Morgan fingerprint density at radius 2 is 1.97 bits per heavy atom. The van der Waals surface area contributed by atoms with Gasteiger partial charge in [-0.25, -0.2) is 14.8 Å². The van der Waals surface area contributed by atoms with Gasteiger partial charge >= 0.3 is 5.97 Å². The Hall–Kier alpha value is -2.73. The average Bonchev–Trinajstić information content (AvgIpc) is 3.19. The van der Waals surface area contributed by atoms with Gasteiger partial charge in [0.05, 0.1) is 24.1 Å². The van der Waals surface area contributed by atoms with Gasteiger partial charge in [-0.05, 0) is 55.6 Å². The molecule has 0 radical (unpaired) electrons. The molecule has 1 aromatic carbocycles. The van der Waals surface area contributed by atoms with E-state index in [2.05, 4.69) is 15.2 Å². The summed E-state index contributed by atoms with van der Waals surface area (Å²) in [5, 5.41) is 13.6.